The molecule has 1 aliphatic carbocycles. The lowest BCUT2D eigenvalue weighted by Gasteiger charge is -2.22. The van der Waals surface area contributed by atoms with Crippen LogP contribution in [0, 0.1) is 0 Å². The number of carbonyl (C=O) groups excluding carboxylic acids is 1. The number of hydrogen-bond donors (Lipinski definition) is 1. The van der Waals surface area contributed by atoms with Gasteiger partial charge in [-0.2, -0.15) is 0 Å². The minimum atomic E-state index is -0.0766. The first-order valence-electron chi connectivity index (χ1n) is 8.44. The van der Waals surface area contributed by atoms with Crippen LogP contribution in [0.15, 0.2) is 70.9 Å². The van der Waals surface area contributed by atoms with E-state index in [4.69, 9.17) is 4.74 Å². The van der Waals surface area contributed by atoms with Gasteiger partial charge in [-0.25, -0.2) is 0 Å². The van der Waals surface area contributed by atoms with Gasteiger partial charge in [0.25, 0.3) is 0 Å². The van der Waals surface area contributed by atoms with Gasteiger partial charge in [0, 0.05) is 19.1 Å². The smallest absolute Gasteiger partial charge is 0.168 e. The summed E-state index contributed by atoms with van der Waals surface area (Å²) in [5.74, 6) is 0.839. The number of allylic oxidation sites excluding steroid dienone is 2. The van der Waals surface area contributed by atoms with Crippen molar-refractivity contribution < 1.29 is 14.6 Å². The first-order valence-corrected chi connectivity index (χ1v) is 8.44. The number of benzene rings is 2. The summed E-state index contributed by atoms with van der Waals surface area (Å²) in [5, 5.41) is 10.3. The molecule has 1 atom stereocenters. The SMILES string of the molecule is CCOc1ccc(N=CC2=C(O)CC(c3ccccc3)CC2=O)cc1. The van der Waals surface area contributed by atoms with Crippen LogP contribution in [-0.2, 0) is 4.79 Å². The third-order valence-corrected chi connectivity index (χ3v) is 4.24. The molecule has 0 saturated carbocycles. The number of aliphatic hydroxyl groups is 1. The molecule has 2 aromatic rings. The van der Waals surface area contributed by atoms with Gasteiger partial charge in [0.05, 0.1) is 17.9 Å². The number of hydrogen-bond acceptors (Lipinski definition) is 4. The summed E-state index contributed by atoms with van der Waals surface area (Å²) in [6, 6.07) is 17.1. The molecule has 3 rings (SSSR count). The molecule has 0 aliphatic heterocycles. The maximum Gasteiger partial charge on any atom is 0.168 e. The highest BCUT2D eigenvalue weighted by Gasteiger charge is 2.27. The molecule has 0 spiro atoms. The average Bonchev–Trinajstić information content (AvgIpc) is 2.63. The standard InChI is InChI=1S/C21H21NO3/c1-2-25-18-10-8-17(9-11-18)22-14-19-20(23)12-16(13-21(19)24)15-6-4-3-5-7-15/h3-11,14,16,23H,2,12-13H2,1H3. The highest BCUT2D eigenvalue weighted by Crippen LogP contribution is 2.33. The number of aliphatic imine (C=N–C) groups is 1. The van der Waals surface area contributed by atoms with Crippen molar-refractivity contribution in [2.24, 2.45) is 4.99 Å². The topological polar surface area (TPSA) is 58.9 Å². The van der Waals surface area contributed by atoms with Crippen LogP contribution in [0.3, 0.4) is 0 Å². The van der Waals surface area contributed by atoms with Crippen molar-refractivity contribution in [3.8, 4) is 5.75 Å². The maximum absolute atomic E-state index is 12.4. The fourth-order valence-corrected chi connectivity index (χ4v) is 2.95. The summed E-state index contributed by atoms with van der Waals surface area (Å²) >= 11 is 0. The number of ether oxygens (including phenoxy) is 1. The molecule has 4 heteroatoms. The second-order valence-electron chi connectivity index (χ2n) is 5.98. The summed E-state index contributed by atoms with van der Waals surface area (Å²) in [7, 11) is 0. The van der Waals surface area contributed by atoms with Crippen molar-refractivity contribution >= 4 is 17.7 Å². The molecule has 0 fully saturated rings. The number of Topliss-reactive ketones (excluding diaryl/α,β-unsaturated/α-hetero) is 1. The highest BCUT2D eigenvalue weighted by molar-refractivity contribution is 6.15. The molecule has 2 aromatic carbocycles. The van der Waals surface area contributed by atoms with E-state index < -0.39 is 0 Å². The molecule has 0 radical (unpaired) electrons. The second-order valence-corrected chi connectivity index (χ2v) is 5.98. The zero-order valence-electron chi connectivity index (χ0n) is 14.2. The second kappa shape index (κ2) is 7.79. The lowest BCUT2D eigenvalue weighted by atomic mass is 9.83. The molecular formula is C21H21NO3. The van der Waals surface area contributed by atoms with Gasteiger partial charge in [-0.3, -0.25) is 9.79 Å². The van der Waals surface area contributed by atoms with Crippen molar-refractivity contribution in [3.63, 3.8) is 0 Å². The van der Waals surface area contributed by atoms with Crippen molar-refractivity contribution in [3.05, 3.63) is 71.5 Å². The van der Waals surface area contributed by atoms with Gasteiger partial charge >= 0.3 is 0 Å². The van der Waals surface area contributed by atoms with Gasteiger partial charge in [-0.15, -0.1) is 0 Å². The molecule has 0 saturated heterocycles. The summed E-state index contributed by atoms with van der Waals surface area (Å²) in [6.45, 7) is 2.54. The van der Waals surface area contributed by atoms with Crippen LogP contribution in [0.25, 0.3) is 0 Å². The Morgan fingerprint density at radius 3 is 2.48 bits per heavy atom. The van der Waals surface area contributed by atoms with Crippen LogP contribution in [0.5, 0.6) is 5.75 Å². The predicted octanol–water partition coefficient (Wildman–Crippen LogP) is 4.75. The van der Waals surface area contributed by atoms with Crippen molar-refractivity contribution in [2.75, 3.05) is 6.61 Å². The summed E-state index contributed by atoms with van der Waals surface area (Å²) in [6.07, 6.45) is 2.31. The normalized spacial score (nSPS) is 18.0. The molecule has 0 aromatic heterocycles. The molecule has 4 nitrogen and oxygen atoms in total. The molecule has 0 amide bonds. The van der Waals surface area contributed by atoms with Gasteiger partial charge in [0.15, 0.2) is 5.78 Å². The van der Waals surface area contributed by atoms with E-state index in [1.54, 1.807) is 0 Å². The Morgan fingerprint density at radius 1 is 1.12 bits per heavy atom. The maximum atomic E-state index is 12.4. The number of ketones is 1. The molecule has 1 aliphatic rings. The Hall–Kier alpha value is -2.88. The highest BCUT2D eigenvalue weighted by atomic mass is 16.5. The average molecular weight is 335 g/mol. The summed E-state index contributed by atoms with van der Waals surface area (Å²) in [5.41, 5.74) is 2.09. The number of aliphatic hydroxyl groups excluding tert-OH is 1. The lowest BCUT2D eigenvalue weighted by Crippen LogP contribution is -2.19. The first kappa shape index (κ1) is 17.0. The van der Waals surface area contributed by atoms with Gasteiger partial charge in [-0.1, -0.05) is 30.3 Å². The fourth-order valence-electron chi connectivity index (χ4n) is 2.95. The molecule has 128 valence electrons. The summed E-state index contributed by atoms with van der Waals surface area (Å²) < 4.78 is 5.39. The number of rotatable bonds is 5. The van der Waals surface area contributed by atoms with E-state index in [1.165, 1.54) is 6.21 Å². The quantitative estimate of drug-likeness (QED) is 0.802. The third-order valence-electron chi connectivity index (χ3n) is 4.24. The monoisotopic (exact) mass is 335 g/mol. The van der Waals surface area contributed by atoms with Crippen LogP contribution < -0.4 is 4.74 Å². The molecule has 25 heavy (non-hydrogen) atoms. The summed E-state index contributed by atoms with van der Waals surface area (Å²) in [4.78, 5) is 16.7. The van der Waals surface area contributed by atoms with Crippen LogP contribution >= 0.6 is 0 Å². The molecule has 1 N–H and O–H groups in total. The molecule has 0 bridgehead atoms. The molecule has 1 unspecified atom stereocenters. The Kier molecular flexibility index (Phi) is 5.29. The molecule has 0 heterocycles. The van der Waals surface area contributed by atoms with Crippen molar-refractivity contribution in [1.29, 1.82) is 0 Å². The number of nitrogens with zero attached hydrogens (tertiary/aromatic N) is 1. The Balaban J connectivity index is 1.74. The van der Waals surface area contributed by atoms with Crippen LogP contribution in [-0.4, -0.2) is 23.7 Å². The predicted molar refractivity (Wildman–Crippen MR) is 98.8 cm³/mol. The van der Waals surface area contributed by atoms with Gasteiger partial charge < -0.3 is 9.84 Å². The van der Waals surface area contributed by atoms with E-state index >= 15 is 0 Å². The number of carbonyl (C=O) groups is 1. The van der Waals surface area contributed by atoms with E-state index in [-0.39, 0.29) is 17.5 Å². The molecular weight excluding hydrogens is 314 g/mol. The zero-order valence-corrected chi connectivity index (χ0v) is 14.2. The minimum Gasteiger partial charge on any atom is -0.511 e. The minimum absolute atomic E-state index is 0.0244. The van der Waals surface area contributed by atoms with Crippen LogP contribution in [0.2, 0.25) is 0 Å². The van der Waals surface area contributed by atoms with E-state index in [2.05, 4.69) is 4.99 Å². The van der Waals surface area contributed by atoms with Gasteiger partial charge in [-0.05, 0) is 42.7 Å². The van der Waals surface area contributed by atoms with Gasteiger partial charge in [0.2, 0.25) is 0 Å². The van der Waals surface area contributed by atoms with Crippen molar-refractivity contribution in [2.45, 2.75) is 25.7 Å². The first-order chi connectivity index (χ1) is 12.2. The lowest BCUT2D eigenvalue weighted by molar-refractivity contribution is -0.116. The van der Waals surface area contributed by atoms with Crippen LogP contribution in [0.1, 0.15) is 31.2 Å². The van der Waals surface area contributed by atoms with Gasteiger partial charge in [0.1, 0.15) is 11.5 Å². The van der Waals surface area contributed by atoms with Crippen molar-refractivity contribution in [1.82, 2.24) is 0 Å². The van der Waals surface area contributed by atoms with E-state index in [1.807, 2.05) is 61.5 Å². The largest absolute Gasteiger partial charge is 0.511 e. The fraction of sp³-hybridized carbons (Fsp3) is 0.238. The van der Waals surface area contributed by atoms with E-state index in [9.17, 15) is 9.90 Å². The van der Waals surface area contributed by atoms with Crippen LogP contribution in [0.4, 0.5) is 5.69 Å². The Morgan fingerprint density at radius 2 is 1.84 bits per heavy atom. The Bertz CT molecular complexity index is 792. The third kappa shape index (κ3) is 4.15. The van der Waals surface area contributed by atoms with E-state index in [0.717, 1.165) is 11.3 Å². The van der Waals surface area contributed by atoms with E-state index in [0.29, 0.717) is 30.7 Å². The zero-order chi connectivity index (χ0) is 17.6. The Labute approximate surface area is 147 Å².